The van der Waals surface area contributed by atoms with Crippen LogP contribution < -0.4 is 10.1 Å². The standard InChI is InChI=1S/C11H16BrNO4/c1-17-10-3-7(2-9(12)11(10)16)4-13-5-8(15)6-14/h2-3,8,13-16H,4-6H2,1H3. The molecule has 0 spiro atoms. The van der Waals surface area contributed by atoms with Gasteiger partial charge in [0.25, 0.3) is 0 Å². The van der Waals surface area contributed by atoms with Gasteiger partial charge in [-0.2, -0.15) is 0 Å². The van der Waals surface area contributed by atoms with E-state index in [1.807, 2.05) is 0 Å². The van der Waals surface area contributed by atoms with Gasteiger partial charge in [-0.3, -0.25) is 0 Å². The maximum Gasteiger partial charge on any atom is 0.172 e. The number of ether oxygens (including phenoxy) is 1. The van der Waals surface area contributed by atoms with Crippen LogP contribution >= 0.6 is 15.9 Å². The predicted molar refractivity (Wildman–Crippen MR) is 67.2 cm³/mol. The lowest BCUT2D eigenvalue weighted by atomic mass is 10.2. The van der Waals surface area contributed by atoms with E-state index in [2.05, 4.69) is 21.2 Å². The quantitative estimate of drug-likeness (QED) is 0.619. The van der Waals surface area contributed by atoms with Crippen molar-refractivity contribution in [1.29, 1.82) is 0 Å². The van der Waals surface area contributed by atoms with E-state index in [0.29, 0.717) is 23.3 Å². The molecule has 96 valence electrons. The van der Waals surface area contributed by atoms with Crippen molar-refractivity contribution in [3.05, 3.63) is 22.2 Å². The summed E-state index contributed by atoms with van der Waals surface area (Å²) < 4.78 is 5.57. The van der Waals surface area contributed by atoms with Crippen LogP contribution in [0.4, 0.5) is 0 Å². The van der Waals surface area contributed by atoms with Crippen LogP contribution in [0, 0.1) is 0 Å². The summed E-state index contributed by atoms with van der Waals surface area (Å²) in [5.74, 6) is 0.450. The van der Waals surface area contributed by atoms with Gasteiger partial charge in [-0.25, -0.2) is 0 Å². The minimum atomic E-state index is -0.766. The number of methoxy groups -OCH3 is 1. The van der Waals surface area contributed by atoms with Gasteiger partial charge in [0.05, 0.1) is 24.3 Å². The van der Waals surface area contributed by atoms with Crippen molar-refractivity contribution in [3.63, 3.8) is 0 Å². The number of hydrogen-bond acceptors (Lipinski definition) is 5. The maximum absolute atomic E-state index is 9.61. The molecule has 1 rings (SSSR count). The number of nitrogens with one attached hydrogen (secondary N) is 1. The van der Waals surface area contributed by atoms with E-state index in [9.17, 15) is 5.11 Å². The summed E-state index contributed by atoms with van der Waals surface area (Å²) in [4.78, 5) is 0. The third-order valence-electron chi connectivity index (χ3n) is 2.23. The number of halogens is 1. The third-order valence-corrected chi connectivity index (χ3v) is 2.83. The molecule has 1 unspecified atom stereocenters. The van der Waals surface area contributed by atoms with Crippen molar-refractivity contribution in [1.82, 2.24) is 5.32 Å². The van der Waals surface area contributed by atoms with Gasteiger partial charge in [0.15, 0.2) is 11.5 Å². The zero-order valence-electron chi connectivity index (χ0n) is 9.48. The summed E-state index contributed by atoms with van der Waals surface area (Å²) in [7, 11) is 1.48. The fourth-order valence-electron chi connectivity index (χ4n) is 1.33. The maximum atomic E-state index is 9.61. The second-order valence-electron chi connectivity index (χ2n) is 3.60. The molecule has 0 saturated heterocycles. The zero-order valence-corrected chi connectivity index (χ0v) is 11.1. The average Bonchev–Trinajstić information content (AvgIpc) is 2.33. The van der Waals surface area contributed by atoms with Crippen molar-refractivity contribution in [2.24, 2.45) is 0 Å². The first-order valence-electron chi connectivity index (χ1n) is 5.13. The van der Waals surface area contributed by atoms with E-state index in [-0.39, 0.29) is 12.4 Å². The van der Waals surface area contributed by atoms with Gasteiger partial charge < -0.3 is 25.4 Å². The molecule has 5 nitrogen and oxygen atoms in total. The van der Waals surface area contributed by atoms with Crippen molar-refractivity contribution >= 4 is 15.9 Å². The number of aliphatic hydroxyl groups excluding tert-OH is 2. The van der Waals surface area contributed by atoms with Gasteiger partial charge in [0, 0.05) is 13.1 Å². The molecule has 0 radical (unpaired) electrons. The Bertz CT molecular complexity index is 373. The number of hydrogen-bond donors (Lipinski definition) is 4. The minimum absolute atomic E-state index is 0.0617. The normalized spacial score (nSPS) is 12.5. The molecule has 17 heavy (non-hydrogen) atoms. The van der Waals surface area contributed by atoms with Crippen LogP contribution in [-0.4, -0.2) is 41.7 Å². The molecule has 0 aromatic heterocycles. The van der Waals surface area contributed by atoms with E-state index in [4.69, 9.17) is 14.9 Å². The molecule has 6 heteroatoms. The van der Waals surface area contributed by atoms with Crippen LogP contribution in [-0.2, 0) is 6.54 Å². The Morgan fingerprint density at radius 2 is 2.18 bits per heavy atom. The molecule has 0 bridgehead atoms. The Kier molecular flexibility index (Phi) is 5.70. The molecule has 1 aromatic rings. The van der Waals surface area contributed by atoms with Crippen molar-refractivity contribution in [3.8, 4) is 11.5 Å². The Labute approximate surface area is 108 Å². The number of benzene rings is 1. The fourth-order valence-corrected chi connectivity index (χ4v) is 1.82. The monoisotopic (exact) mass is 305 g/mol. The number of aromatic hydroxyl groups is 1. The van der Waals surface area contributed by atoms with Crippen molar-refractivity contribution < 1.29 is 20.1 Å². The molecule has 0 aliphatic rings. The second kappa shape index (κ2) is 6.80. The summed E-state index contributed by atoms with van der Waals surface area (Å²) in [5.41, 5.74) is 0.900. The first kappa shape index (κ1) is 14.2. The van der Waals surface area contributed by atoms with Gasteiger partial charge in [0.1, 0.15) is 0 Å². The molecule has 0 heterocycles. The number of phenols is 1. The van der Waals surface area contributed by atoms with Crippen LogP contribution in [0.1, 0.15) is 5.56 Å². The summed E-state index contributed by atoms with van der Waals surface area (Å²) in [6.45, 7) is 0.541. The van der Waals surface area contributed by atoms with E-state index in [1.54, 1.807) is 12.1 Å². The predicted octanol–water partition coefficient (Wildman–Crippen LogP) is 0.606. The third kappa shape index (κ3) is 4.16. The molecule has 0 aliphatic carbocycles. The lowest BCUT2D eigenvalue weighted by Gasteiger charge is -2.11. The highest BCUT2D eigenvalue weighted by Gasteiger charge is 2.08. The van der Waals surface area contributed by atoms with Gasteiger partial charge in [-0.05, 0) is 33.6 Å². The lowest BCUT2D eigenvalue weighted by Crippen LogP contribution is -2.28. The van der Waals surface area contributed by atoms with Crippen LogP contribution in [0.15, 0.2) is 16.6 Å². The van der Waals surface area contributed by atoms with Crippen LogP contribution in [0.2, 0.25) is 0 Å². The number of phenolic OH excluding ortho intramolecular Hbond substituents is 1. The average molecular weight is 306 g/mol. The molecule has 1 aromatic carbocycles. The minimum Gasteiger partial charge on any atom is -0.503 e. The number of aliphatic hydroxyl groups is 2. The molecular weight excluding hydrogens is 290 g/mol. The van der Waals surface area contributed by atoms with Crippen molar-refractivity contribution in [2.45, 2.75) is 12.6 Å². The molecule has 0 amide bonds. The summed E-state index contributed by atoms with van der Waals surface area (Å²) in [6, 6.07) is 3.47. The highest BCUT2D eigenvalue weighted by Crippen LogP contribution is 2.35. The van der Waals surface area contributed by atoms with Crippen molar-refractivity contribution in [2.75, 3.05) is 20.3 Å². The SMILES string of the molecule is COc1cc(CNCC(O)CO)cc(Br)c1O. The Hall–Kier alpha value is -0.820. The molecule has 0 aliphatic heterocycles. The Balaban J connectivity index is 2.63. The van der Waals surface area contributed by atoms with Gasteiger partial charge in [-0.15, -0.1) is 0 Å². The summed E-state index contributed by atoms with van der Waals surface area (Å²) >= 11 is 3.23. The summed E-state index contributed by atoms with van der Waals surface area (Å²) in [5, 5.41) is 30.4. The molecule has 4 N–H and O–H groups in total. The molecule has 0 fully saturated rings. The largest absolute Gasteiger partial charge is 0.503 e. The first-order valence-corrected chi connectivity index (χ1v) is 5.92. The molecule has 1 atom stereocenters. The molecule has 0 saturated carbocycles. The van der Waals surface area contributed by atoms with Crippen LogP contribution in [0.25, 0.3) is 0 Å². The zero-order chi connectivity index (χ0) is 12.8. The van der Waals surface area contributed by atoms with Gasteiger partial charge in [0.2, 0.25) is 0 Å². The van der Waals surface area contributed by atoms with Crippen LogP contribution in [0.3, 0.4) is 0 Å². The first-order chi connectivity index (χ1) is 8.08. The van der Waals surface area contributed by atoms with Gasteiger partial charge >= 0.3 is 0 Å². The van der Waals surface area contributed by atoms with E-state index in [1.165, 1.54) is 7.11 Å². The fraction of sp³-hybridized carbons (Fsp3) is 0.455. The molecular formula is C11H16BrNO4. The van der Waals surface area contributed by atoms with Crippen LogP contribution in [0.5, 0.6) is 11.5 Å². The van der Waals surface area contributed by atoms with E-state index < -0.39 is 6.10 Å². The topological polar surface area (TPSA) is 82.0 Å². The Morgan fingerprint density at radius 1 is 1.47 bits per heavy atom. The highest BCUT2D eigenvalue weighted by molar-refractivity contribution is 9.10. The number of rotatable bonds is 6. The van der Waals surface area contributed by atoms with E-state index >= 15 is 0 Å². The Morgan fingerprint density at radius 3 is 2.76 bits per heavy atom. The second-order valence-corrected chi connectivity index (χ2v) is 4.45. The lowest BCUT2D eigenvalue weighted by molar-refractivity contribution is 0.0942. The van der Waals surface area contributed by atoms with Gasteiger partial charge in [-0.1, -0.05) is 0 Å². The summed E-state index contributed by atoms with van der Waals surface area (Å²) in [6.07, 6.45) is -0.766. The highest BCUT2D eigenvalue weighted by atomic mass is 79.9. The van der Waals surface area contributed by atoms with E-state index in [0.717, 1.165) is 5.56 Å². The smallest absolute Gasteiger partial charge is 0.172 e.